The number of anilines is 1. The predicted octanol–water partition coefficient (Wildman–Crippen LogP) is 3.82. The number of amides is 2. The lowest BCUT2D eigenvalue weighted by atomic mass is 10.0. The fourth-order valence-corrected chi connectivity index (χ4v) is 2.77. The summed E-state index contributed by atoms with van der Waals surface area (Å²) in [5.41, 5.74) is 0.761. The number of benzene rings is 2. The van der Waals surface area contributed by atoms with Crippen molar-refractivity contribution in [2.75, 3.05) is 5.32 Å². The number of nitrogens with one attached hydrogen (secondary N) is 2. The van der Waals surface area contributed by atoms with E-state index in [0.717, 1.165) is 5.56 Å². The van der Waals surface area contributed by atoms with Crippen molar-refractivity contribution in [2.45, 2.75) is 26.3 Å². The Morgan fingerprint density at radius 1 is 1.16 bits per heavy atom. The second-order valence-electron chi connectivity index (χ2n) is 6.27. The van der Waals surface area contributed by atoms with E-state index in [1.54, 1.807) is 36.4 Å². The summed E-state index contributed by atoms with van der Waals surface area (Å²) in [7, 11) is 0. The maximum atomic E-state index is 13.6. The van der Waals surface area contributed by atoms with E-state index >= 15 is 0 Å². The lowest BCUT2D eigenvalue weighted by molar-refractivity contribution is -0.134. The summed E-state index contributed by atoms with van der Waals surface area (Å²) in [5, 5.41) is 5.96. The molecule has 2 amide bonds. The topological polar surface area (TPSA) is 58.2 Å². The summed E-state index contributed by atoms with van der Waals surface area (Å²) in [5.74, 6) is -1.13. The Morgan fingerprint density at radius 2 is 1.88 bits per heavy atom. The Kier molecular flexibility index (Phi) is 4.77. The average molecular weight is 361 g/mol. The van der Waals surface area contributed by atoms with Gasteiger partial charge in [-0.1, -0.05) is 35.9 Å². The zero-order chi connectivity index (χ0) is 18.0. The van der Waals surface area contributed by atoms with Crippen molar-refractivity contribution in [3.63, 3.8) is 0 Å². The highest BCUT2D eigenvalue weighted by atomic mass is 35.5. The number of carbonyl (C=O) groups is 2. The Hall–Kier alpha value is -2.40. The smallest absolute Gasteiger partial charge is 0.240 e. The largest absolute Gasteiger partial charge is 0.351 e. The van der Waals surface area contributed by atoms with Gasteiger partial charge in [-0.3, -0.25) is 9.59 Å². The van der Waals surface area contributed by atoms with Crippen LogP contribution >= 0.6 is 11.6 Å². The predicted molar refractivity (Wildman–Crippen MR) is 94.7 cm³/mol. The fraction of sp³-hybridized carbons (Fsp3) is 0.263. The van der Waals surface area contributed by atoms with Crippen molar-refractivity contribution in [1.29, 1.82) is 0 Å². The molecule has 2 N–H and O–H groups in total. The first-order valence-corrected chi connectivity index (χ1v) is 8.39. The molecule has 0 unspecified atom stereocenters. The van der Waals surface area contributed by atoms with Gasteiger partial charge in [0.05, 0.1) is 0 Å². The van der Waals surface area contributed by atoms with E-state index in [0.29, 0.717) is 29.1 Å². The van der Waals surface area contributed by atoms with E-state index in [9.17, 15) is 14.0 Å². The van der Waals surface area contributed by atoms with Crippen LogP contribution in [0, 0.1) is 18.2 Å². The molecule has 3 rings (SSSR count). The molecule has 0 aromatic heterocycles. The molecule has 2 aromatic rings. The van der Waals surface area contributed by atoms with E-state index in [-0.39, 0.29) is 24.2 Å². The Labute approximate surface area is 150 Å². The molecule has 4 nitrogen and oxygen atoms in total. The van der Waals surface area contributed by atoms with Crippen LogP contribution in [0.5, 0.6) is 0 Å². The lowest BCUT2D eigenvalue weighted by Gasteiger charge is -2.16. The zero-order valence-electron chi connectivity index (χ0n) is 13.7. The minimum absolute atomic E-state index is 0.0525. The summed E-state index contributed by atoms with van der Waals surface area (Å²) >= 11 is 6.06. The molecule has 1 fully saturated rings. The highest BCUT2D eigenvalue weighted by molar-refractivity contribution is 6.31. The monoisotopic (exact) mass is 360 g/mol. The fourth-order valence-electron chi connectivity index (χ4n) is 2.59. The van der Waals surface area contributed by atoms with Crippen LogP contribution in [0.2, 0.25) is 5.02 Å². The van der Waals surface area contributed by atoms with Gasteiger partial charge in [-0.05, 0) is 43.5 Å². The van der Waals surface area contributed by atoms with Gasteiger partial charge in [0.1, 0.15) is 11.2 Å². The molecule has 0 spiro atoms. The van der Waals surface area contributed by atoms with Crippen LogP contribution in [0.3, 0.4) is 0 Å². The zero-order valence-corrected chi connectivity index (χ0v) is 14.5. The quantitative estimate of drug-likeness (QED) is 0.796. The minimum Gasteiger partial charge on any atom is -0.351 e. The first kappa shape index (κ1) is 17.4. The van der Waals surface area contributed by atoms with E-state index in [1.165, 1.54) is 6.07 Å². The van der Waals surface area contributed by atoms with Crippen LogP contribution in [0.1, 0.15) is 24.0 Å². The van der Waals surface area contributed by atoms with E-state index in [2.05, 4.69) is 10.6 Å². The molecule has 0 aliphatic heterocycles. The van der Waals surface area contributed by atoms with E-state index in [1.807, 2.05) is 6.92 Å². The molecule has 1 aliphatic rings. The van der Waals surface area contributed by atoms with Crippen LogP contribution in [-0.2, 0) is 16.1 Å². The molecule has 1 saturated carbocycles. The van der Waals surface area contributed by atoms with Crippen molar-refractivity contribution in [1.82, 2.24) is 5.32 Å². The van der Waals surface area contributed by atoms with Gasteiger partial charge in [-0.15, -0.1) is 0 Å². The second-order valence-corrected chi connectivity index (χ2v) is 6.68. The Morgan fingerprint density at radius 3 is 2.52 bits per heavy atom. The Balaban J connectivity index is 1.64. The molecule has 25 heavy (non-hydrogen) atoms. The molecular formula is C19H18ClFN2O2. The van der Waals surface area contributed by atoms with Crippen molar-refractivity contribution in [3.05, 3.63) is 64.4 Å². The van der Waals surface area contributed by atoms with Gasteiger partial charge in [0, 0.05) is 22.8 Å². The van der Waals surface area contributed by atoms with Crippen LogP contribution < -0.4 is 10.6 Å². The highest BCUT2D eigenvalue weighted by Gasteiger charge is 2.56. The number of hydrogen-bond acceptors (Lipinski definition) is 2. The average Bonchev–Trinajstić information content (AvgIpc) is 3.39. The van der Waals surface area contributed by atoms with Crippen molar-refractivity contribution in [2.24, 2.45) is 5.41 Å². The van der Waals surface area contributed by atoms with Gasteiger partial charge >= 0.3 is 0 Å². The number of halogens is 2. The van der Waals surface area contributed by atoms with Gasteiger partial charge < -0.3 is 10.6 Å². The minimum atomic E-state index is -1.08. The van der Waals surface area contributed by atoms with Crippen LogP contribution in [0.15, 0.2) is 42.5 Å². The molecular weight excluding hydrogens is 343 g/mol. The van der Waals surface area contributed by atoms with Crippen molar-refractivity contribution in [3.8, 4) is 0 Å². The number of carbonyl (C=O) groups excluding carboxylic acids is 2. The third kappa shape index (κ3) is 3.66. The van der Waals surface area contributed by atoms with Gasteiger partial charge in [0.25, 0.3) is 0 Å². The maximum Gasteiger partial charge on any atom is 0.240 e. The highest BCUT2D eigenvalue weighted by Crippen LogP contribution is 2.47. The van der Waals surface area contributed by atoms with Crippen LogP contribution in [0.25, 0.3) is 0 Å². The first-order valence-electron chi connectivity index (χ1n) is 8.02. The third-order valence-electron chi connectivity index (χ3n) is 4.45. The van der Waals surface area contributed by atoms with E-state index < -0.39 is 5.41 Å². The van der Waals surface area contributed by atoms with E-state index in [4.69, 9.17) is 11.6 Å². The van der Waals surface area contributed by atoms with Crippen molar-refractivity contribution < 1.29 is 14.0 Å². The summed E-state index contributed by atoms with van der Waals surface area (Å²) in [6, 6.07) is 11.4. The summed E-state index contributed by atoms with van der Waals surface area (Å²) < 4.78 is 13.6. The van der Waals surface area contributed by atoms with Gasteiger partial charge in [-0.25, -0.2) is 4.39 Å². The molecule has 0 atom stereocenters. The van der Waals surface area contributed by atoms with Crippen LogP contribution in [0.4, 0.5) is 10.1 Å². The molecule has 1 aliphatic carbocycles. The van der Waals surface area contributed by atoms with Gasteiger partial charge in [-0.2, -0.15) is 0 Å². The number of aryl methyl sites for hydroxylation is 1. The number of rotatable bonds is 5. The second kappa shape index (κ2) is 6.84. The third-order valence-corrected chi connectivity index (χ3v) is 4.85. The molecule has 0 saturated heterocycles. The standard InChI is InChI=1S/C19H18ClFN2O2/c1-12-6-7-14(10-15(12)20)23-18(25)19(8-9-19)17(24)22-11-13-4-2-3-5-16(13)21/h2-7,10H,8-9,11H2,1H3,(H,22,24)(H,23,25). The SMILES string of the molecule is Cc1ccc(NC(=O)C2(C(=O)NCc3ccccc3F)CC2)cc1Cl. The normalized spacial score (nSPS) is 14.7. The number of hydrogen-bond donors (Lipinski definition) is 2. The molecule has 0 radical (unpaired) electrons. The van der Waals surface area contributed by atoms with Gasteiger partial charge in [0.15, 0.2) is 0 Å². The molecule has 0 bridgehead atoms. The Bertz CT molecular complexity index is 834. The maximum absolute atomic E-state index is 13.6. The molecule has 0 heterocycles. The van der Waals surface area contributed by atoms with Crippen LogP contribution in [-0.4, -0.2) is 11.8 Å². The summed E-state index contributed by atoms with van der Waals surface area (Å²) in [6.07, 6.45) is 0.947. The summed E-state index contributed by atoms with van der Waals surface area (Å²) in [4.78, 5) is 25.0. The van der Waals surface area contributed by atoms with Crippen molar-refractivity contribution >= 4 is 29.1 Å². The molecule has 2 aromatic carbocycles. The molecule has 6 heteroatoms. The van der Waals surface area contributed by atoms with Gasteiger partial charge in [0.2, 0.25) is 11.8 Å². The lowest BCUT2D eigenvalue weighted by Crippen LogP contribution is -2.39. The molecule has 130 valence electrons. The summed E-state index contributed by atoms with van der Waals surface area (Å²) in [6.45, 7) is 1.92. The first-order chi connectivity index (χ1) is 11.9.